The van der Waals surface area contributed by atoms with E-state index in [0.717, 1.165) is 16.8 Å². The highest BCUT2D eigenvalue weighted by molar-refractivity contribution is 5.99. The lowest BCUT2D eigenvalue weighted by Crippen LogP contribution is -2.35. The molecule has 2 aromatic rings. The minimum atomic E-state index is -0.232. The summed E-state index contributed by atoms with van der Waals surface area (Å²) >= 11 is 0. The van der Waals surface area contributed by atoms with Crippen LogP contribution in [0.1, 0.15) is 21.5 Å². The zero-order chi connectivity index (χ0) is 16.3. The summed E-state index contributed by atoms with van der Waals surface area (Å²) in [5.74, 6) is -0.457. The Morgan fingerprint density at radius 3 is 2.45 bits per heavy atom. The summed E-state index contributed by atoms with van der Waals surface area (Å²) in [7, 11) is 3.34. The Bertz CT molecular complexity index is 686. The second-order valence-corrected chi connectivity index (χ2v) is 5.38. The zero-order valence-corrected chi connectivity index (χ0v) is 13.3. The van der Waals surface area contributed by atoms with Gasteiger partial charge in [-0.1, -0.05) is 18.2 Å². The van der Waals surface area contributed by atoms with Crippen LogP contribution in [0.4, 0.5) is 5.69 Å². The molecule has 0 aliphatic heterocycles. The van der Waals surface area contributed by atoms with E-state index in [2.05, 4.69) is 10.4 Å². The molecule has 2 rings (SSSR count). The molecule has 0 aliphatic rings. The van der Waals surface area contributed by atoms with Gasteiger partial charge in [0, 0.05) is 26.0 Å². The normalized spacial score (nSPS) is 10.4. The summed E-state index contributed by atoms with van der Waals surface area (Å²) in [5.41, 5.74) is 3.25. The molecule has 1 aromatic heterocycles. The van der Waals surface area contributed by atoms with E-state index in [9.17, 15) is 9.59 Å². The number of aryl methyl sites for hydroxylation is 3. The van der Waals surface area contributed by atoms with Crippen molar-refractivity contribution in [3.05, 3.63) is 47.3 Å². The molecule has 0 saturated heterocycles. The number of carbonyl (C=O) groups is 2. The van der Waals surface area contributed by atoms with Gasteiger partial charge in [-0.3, -0.25) is 14.3 Å². The maximum absolute atomic E-state index is 12.2. The zero-order valence-electron chi connectivity index (χ0n) is 13.3. The van der Waals surface area contributed by atoms with Gasteiger partial charge in [-0.05, 0) is 25.0 Å². The van der Waals surface area contributed by atoms with E-state index in [-0.39, 0.29) is 18.4 Å². The smallest absolute Gasteiger partial charge is 0.257 e. The fraction of sp³-hybridized carbons (Fsp3) is 0.312. The molecule has 0 fully saturated rings. The SMILES string of the molecule is Cc1cccc(C)c1NC(=O)CN(C)C(=O)c1cnn(C)c1. The van der Waals surface area contributed by atoms with Crippen LogP contribution in [0.5, 0.6) is 0 Å². The minimum absolute atomic E-state index is 0.0124. The fourth-order valence-electron chi connectivity index (χ4n) is 2.23. The maximum Gasteiger partial charge on any atom is 0.257 e. The van der Waals surface area contributed by atoms with E-state index < -0.39 is 0 Å². The molecule has 0 spiro atoms. The molecule has 6 heteroatoms. The number of nitrogens with zero attached hydrogens (tertiary/aromatic N) is 3. The Labute approximate surface area is 129 Å². The van der Waals surface area contributed by atoms with Crippen molar-refractivity contribution in [2.75, 3.05) is 18.9 Å². The molecule has 0 atom stereocenters. The van der Waals surface area contributed by atoms with Gasteiger partial charge in [0.15, 0.2) is 0 Å². The molecule has 116 valence electrons. The summed E-state index contributed by atoms with van der Waals surface area (Å²) in [4.78, 5) is 25.7. The van der Waals surface area contributed by atoms with Crippen LogP contribution in [0.3, 0.4) is 0 Å². The average molecular weight is 300 g/mol. The van der Waals surface area contributed by atoms with Crippen molar-refractivity contribution in [3.8, 4) is 0 Å². The average Bonchev–Trinajstić information content (AvgIpc) is 2.88. The topological polar surface area (TPSA) is 67.2 Å². The van der Waals surface area contributed by atoms with Crippen LogP contribution in [0.2, 0.25) is 0 Å². The van der Waals surface area contributed by atoms with Gasteiger partial charge in [-0.15, -0.1) is 0 Å². The first-order valence-electron chi connectivity index (χ1n) is 6.98. The van der Waals surface area contributed by atoms with Crippen molar-refractivity contribution < 1.29 is 9.59 Å². The Morgan fingerprint density at radius 2 is 1.91 bits per heavy atom. The Kier molecular flexibility index (Phi) is 4.60. The highest BCUT2D eigenvalue weighted by atomic mass is 16.2. The molecule has 0 radical (unpaired) electrons. The summed E-state index contributed by atoms with van der Waals surface area (Å²) < 4.78 is 1.55. The summed E-state index contributed by atoms with van der Waals surface area (Å²) in [6.45, 7) is 3.86. The van der Waals surface area contributed by atoms with Gasteiger partial charge in [0.2, 0.25) is 5.91 Å². The molecule has 2 amide bonds. The predicted octanol–water partition coefficient (Wildman–Crippen LogP) is 1.75. The number of hydrogen-bond donors (Lipinski definition) is 1. The first-order valence-corrected chi connectivity index (χ1v) is 6.98. The molecular formula is C16H20N4O2. The van der Waals surface area contributed by atoms with Crippen molar-refractivity contribution in [1.29, 1.82) is 0 Å². The number of likely N-dealkylation sites (N-methyl/N-ethyl adjacent to an activating group) is 1. The van der Waals surface area contributed by atoms with Gasteiger partial charge in [-0.2, -0.15) is 5.10 Å². The highest BCUT2D eigenvalue weighted by Crippen LogP contribution is 2.19. The lowest BCUT2D eigenvalue weighted by Gasteiger charge is -2.17. The number of nitrogens with one attached hydrogen (secondary N) is 1. The van der Waals surface area contributed by atoms with Crippen LogP contribution in [0.25, 0.3) is 0 Å². The number of rotatable bonds is 4. The predicted molar refractivity (Wildman–Crippen MR) is 84.7 cm³/mol. The van der Waals surface area contributed by atoms with Crippen molar-refractivity contribution >= 4 is 17.5 Å². The Morgan fingerprint density at radius 1 is 1.27 bits per heavy atom. The van der Waals surface area contributed by atoms with E-state index >= 15 is 0 Å². The van der Waals surface area contributed by atoms with Crippen LogP contribution in [-0.4, -0.2) is 40.1 Å². The molecule has 1 N–H and O–H groups in total. The third-order valence-corrected chi connectivity index (χ3v) is 3.42. The van der Waals surface area contributed by atoms with Crippen LogP contribution < -0.4 is 5.32 Å². The first kappa shape index (κ1) is 15.8. The molecular weight excluding hydrogens is 280 g/mol. The van der Waals surface area contributed by atoms with E-state index in [1.54, 1.807) is 25.0 Å². The van der Waals surface area contributed by atoms with E-state index in [4.69, 9.17) is 0 Å². The Hall–Kier alpha value is -2.63. The largest absolute Gasteiger partial charge is 0.332 e. The fourth-order valence-corrected chi connectivity index (χ4v) is 2.23. The van der Waals surface area contributed by atoms with Gasteiger partial charge in [-0.25, -0.2) is 0 Å². The molecule has 1 aromatic carbocycles. The van der Waals surface area contributed by atoms with Gasteiger partial charge >= 0.3 is 0 Å². The van der Waals surface area contributed by atoms with Gasteiger partial charge in [0.05, 0.1) is 18.3 Å². The number of anilines is 1. The first-order chi connectivity index (χ1) is 10.4. The number of aromatic nitrogens is 2. The third-order valence-electron chi connectivity index (χ3n) is 3.42. The Balaban J connectivity index is 2.01. The van der Waals surface area contributed by atoms with Crippen LogP contribution in [-0.2, 0) is 11.8 Å². The highest BCUT2D eigenvalue weighted by Gasteiger charge is 2.17. The maximum atomic E-state index is 12.2. The van der Waals surface area contributed by atoms with Gasteiger partial charge in [0.1, 0.15) is 0 Å². The van der Waals surface area contributed by atoms with E-state index in [0.29, 0.717) is 5.56 Å². The second kappa shape index (κ2) is 6.43. The lowest BCUT2D eigenvalue weighted by atomic mass is 10.1. The second-order valence-electron chi connectivity index (χ2n) is 5.38. The minimum Gasteiger partial charge on any atom is -0.332 e. The van der Waals surface area contributed by atoms with Crippen LogP contribution >= 0.6 is 0 Å². The number of para-hydroxylation sites is 1. The molecule has 6 nitrogen and oxygen atoms in total. The molecule has 0 aliphatic carbocycles. The molecule has 1 heterocycles. The van der Waals surface area contributed by atoms with Crippen molar-refractivity contribution in [3.63, 3.8) is 0 Å². The van der Waals surface area contributed by atoms with Gasteiger partial charge in [0.25, 0.3) is 5.91 Å². The third kappa shape index (κ3) is 3.52. The number of carbonyl (C=O) groups excluding carboxylic acids is 2. The molecule has 0 saturated carbocycles. The van der Waals surface area contributed by atoms with Crippen molar-refractivity contribution in [1.82, 2.24) is 14.7 Å². The number of amides is 2. The lowest BCUT2D eigenvalue weighted by molar-refractivity contribution is -0.116. The van der Waals surface area contributed by atoms with Crippen LogP contribution in [0, 0.1) is 13.8 Å². The van der Waals surface area contributed by atoms with Crippen LogP contribution in [0.15, 0.2) is 30.6 Å². The van der Waals surface area contributed by atoms with Crippen molar-refractivity contribution in [2.24, 2.45) is 7.05 Å². The standard InChI is InChI=1S/C16H20N4O2/c1-11-6-5-7-12(2)15(11)18-14(21)10-19(3)16(22)13-8-17-20(4)9-13/h5-9H,10H2,1-4H3,(H,18,21). The van der Waals surface area contributed by atoms with E-state index in [1.165, 1.54) is 11.1 Å². The summed E-state index contributed by atoms with van der Waals surface area (Å²) in [6, 6.07) is 5.82. The van der Waals surface area contributed by atoms with Gasteiger partial charge < -0.3 is 10.2 Å². The molecule has 22 heavy (non-hydrogen) atoms. The summed E-state index contributed by atoms with van der Waals surface area (Å²) in [6.07, 6.45) is 3.12. The van der Waals surface area contributed by atoms with Crippen molar-refractivity contribution in [2.45, 2.75) is 13.8 Å². The summed E-state index contributed by atoms with van der Waals surface area (Å²) in [5, 5.41) is 6.83. The number of hydrogen-bond acceptors (Lipinski definition) is 3. The quantitative estimate of drug-likeness (QED) is 0.935. The molecule has 0 bridgehead atoms. The number of benzene rings is 1. The monoisotopic (exact) mass is 300 g/mol. The van der Waals surface area contributed by atoms with E-state index in [1.807, 2.05) is 32.0 Å². The molecule has 0 unspecified atom stereocenters.